The van der Waals surface area contributed by atoms with Crippen molar-refractivity contribution < 1.29 is 8.42 Å². The van der Waals surface area contributed by atoms with Gasteiger partial charge in [-0.05, 0) is 36.4 Å². The molecule has 0 aliphatic rings. The predicted molar refractivity (Wildman–Crippen MR) is 117 cm³/mol. The minimum atomic E-state index is -3.56. The number of benzene rings is 2. The number of sulfone groups is 1. The summed E-state index contributed by atoms with van der Waals surface area (Å²) in [5.41, 5.74) is 3.21. The van der Waals surface area contributed by atoms with Crippen molar-refractivity contribution in [3.05, 3.63) is 85.6 Å². The Labute approximate surface area is 178 Å². The van der Waals surface area contributed by atoms with Gasteiger partial charge >= 0.3 is 0 Å². The van der Waals surface area contributed by atoms with E-state index in [9.17, 15) is 8.42 Å². The molecule has 0 amide bonds. The van der Waals surface area contributed by atoms with Crippen molar-refractivity contribution in [3.8, 4) is 11.3 Å². The van der Waals surface area contributed by atoms with Crippen LogP contribution in [0.3, 0.4) is 0 Å². The summed E-state index contributed by atoms with van der Waals surface area (Å²) >= 11 is 0. The number of nitrogens with zero attached hydrogens (tertiary/aromatic N) is 5. The van der Waals surface area contributed by atoms with Crippen LogP contribution in [0.4, 0.5) is 11.5 Å². The van der Waals surface area contributed by atoms with Crippen LogP contribution in [-0.4, -0.2) is 32.6 Å². The Balaban J connectivity index is 1.45. The molecule has 0 atom stereocenters. The Morgan fingerprint density at radius 2 is 1.65 bits per heavy atom. The predicted octanol–water partition coefficient (Wildman–Crippen LogP) is 3.71. The normalized spacial score (nSPS) is 11.6. The average molecular weight is 430 g/mol. The highest BCUT2D eigenvalue weighted by molar-refractivity contribution is 7.91. The van der Waals surface area contributed by atoms with Crippen molar-refractivity contribution in [3.63, 3.8) is 0 Å². The highest BCUT2D eigenvalue weighted by Gasteiger charge is 2.17. The maximum Gasteiger partial charge on any atom is 0.206 e. The van der Waals surface area contributed by atoms with Crippen LogP contribution < -0.4 is 5.32 Å². The van der Waals surface area contributed by atoms with Gasteiger partial charge in [0.25, 0.3) is 0 Å². The molecule has 3 heterocycles. The van der Waals surface area contributed by atoms with Crippen molar-refractivity contribution in [1.82, 2.24) is 24.1 Å². The van der Waals surface area contributed by atoms with Gasteiger partial charge in [-0.2, -0.15) is 5.10 Å². The fourth-order valence-corrected chi connectivity index (χ4v) is 4.65. The minimum Gasteiger partial charge on any atom is -0.337 e. The summed E-state index contributed by atoms with van der Waals surface area (Å²) in [6, 6.07) is 15.0. The van der Waals surface area contributed by atoms with Crippen LogP contribution in [0.25, 0.3) is 16.9 Å². The molecule has 0 aliphatic heterocycles. The van der Waals surface area contributed by atoms with Crippen LogP contribution in [0.15, 0.2) is 95.4 Å². The average Bonchev–Trinajstić information content (AvgIpc) is 3.41. The number of fused-ring (bicyclic) bond motifs is 1. The van der Waals surface area contributed by atoms with E-state index in [1.165, 1.54) is 0 Å². The van der Waals surface area contributed by atoms with Gasteiger partial charge in [0.2, 0.25) is 9.84 Å². The zero-order valence-corrected chi connectivity index (χ0v) is 17.4. The molecular formula is C22H18N6O2S. The molecule has 5 rings (SSSR count). The second-order valence-electron chi connectivity index (χ2n) is 6.98. The van der Waals surface area contributed by atoms with Gasteiger partial charge < -0.3 is 5.32 Å². The Hall–Kier alpha value is -3.98. The van der Waals surface area contributed by atoms with E-state index in [-0.39, 0.29) is 9.79 Å². The molecule has 2 aromatic carbocycles. The standard InChI is InChI=1S/C22H18N6O2S/c1-27-15-16(13-25-27)20-14-24-22-21(23-11-12-28(20)22)26-17-7-9-19(10-8-17)31(29,30)18-5-3-2-4-6-18/h2-15H,1H3,(H,23,26). The van der Waals surface area contributed by atoms with Crippen molar-refractivity contribution in [2.24, 2.45) is 7.05 Å². The van der Waals surface area contributed by atoms with Gasteiger partial charge in [0.1, 0.15) is 0 Å². The van der Waals surface area contributed by atoms with Crippen LogP contribution in [0.2, 0.25) is 0 Å². The second kappa shape index (κ2) is 7.37. The summed E-state index contributed by atoms with van der Waals surface area (Å²) in [7, 11) is -1.69. The molecular weight excluding hydrogens is 412 g/mol. The van der Waals surface area contributed by atoms with Gasteiger partial charge in [0.05, 0.1) is 27.9 Å². The minimum absolute atomic E-state index is 0.232. The molecule has 3 aromatic heterocycles. The monoisotopic (exact) mass is 430 g/mol. The SMILES string of the molecule is Cn1cc(-c2cnc3c(Nc4ccc(S(=O)(=O)c5ccccc5)cc4)nccn23)cn1. The molecule has 1 N–H and O–H groups in total. The first-order chi connectivity index (χ1) is 15.0. The van der Waals surface area contributed by atoms with Gasteiger partial charge in [0.15, 0.2) is 11.5 Å². The third-order valence-corrected chi connectivity index (χ3v) is 6.70. The number of aromatic nitrogens is 5. The summed E-state index contributed by atoms with van der Waals surface area (Å²) in [4.78, 5) is 9.40. The van der Waals surface area contributed by atoms with E-state index in [4.69, 9.17) is 0 Å². The number of hydrogen-bond acceptors (Lipinski definition) is 6. The first-order valence-corrected chi connectivity index (χ1v) is 11.0. The number of imidazole rings is 1. The Morgan fingerprint density at radius 1 is 0.903 bits per heavy atom. The van der Waals surface area contributed by atoms with E-state index < -0.39 is 9.84 Å². The molecule has 31 heavy (non-hydrogen) atoms. The van der Waals surface area contributed by atoms with Crippen molar-refractivity contribution in [2.75, 3.05) is 5.32 Å². The van der Waals surface area contributed by atoms with E-state index in [1.807, 2.05) is 23.8 Å². The van der Waals surface area contributed by atoms with Crippen LogP contribution in [0.1, 0.15) is 0 Å². The first-order valence-electron chi connectivity index (χ1n) is 9.51. The summed E-state index contributed by atoms with van der Waals surface area (Å²) in [5, 5.41) is 7.44. The summed E-state index contributed by atoms with van der Waals surface area (Å²) in [6.07, 6.45) is 9.00. The molecule has 0 aliphatic carbocycles. The van der Waals surface area contributed by atoms with Crippen molar-refractivity contribution in [2.45, 2.75) is 9.79 Å². The maximum absolute atomic E-state index is 12.8. The zero-order valence-electron chi connectivity index (χ0n) is 16.5. The second-order valence-corrected chi connectivity index (χ2v) is 8.93. The van der Waals surface area contributed by atoms with Crippen LogP contribution in [-0.2, 0) is 16.9 Å². The van der Waals surface area contributed by atoms with E-state index in [1.54, 1.807) is 77.9 Å². The molecule has 8 nitrogen and oxygen atoms in total. The largest absolute Gasteiger partial charge is 0.337 e. The fourth-order valence-electron chi connectivity index (χ4n) is 3.36. The van der Waals surface area contributed by atoms with Crippen molar-refractivity contribution >= 4 is 27.0 Å². The van der Waals surface area contributed by atoms with Crippen LogP contribution in [0, 0.1) is 0 Å². The highest BCUT2D eigenvalue weighted by Crippen LogP contribution is 2.26. The Morgan fingerprint density at radius 3 is 2.35 bits per heavy atom. The van der Waals surface area contributed by atoms with Gasteiger partial charge in [-0.1, -0.05) is 18.2 Å². The Kier molecular flexibility index (Phi) is 4.52. The molecule has 0 unspecified atom stereocenters. The molecule has 0 saturated carbocycles. The van der Waals surface area contributed by atoms with E-state index in [0.717, 1.165) is 11.3 Å². The number of aryl methyl sites for hydroxylation is 1. The third kappa shape index (κ3) is 3.44. The van der Waals surface area contributed by atoms with Crippen molar-refractivity contribution in [1.29, 1.82) is 0 Å². The van der Waals surface area contributed by atoms with Crippen LogP contribution in [0.5, 0.6) is 0 Å². The molecule has 5 aromatic rings. The quantitative estimate of drug-likeness (QED) is 0.457. The third-order valence-electron chi connectivity index (χ3n) is 4.91. The number of hydrogen-bond donors (Lipinski definition) is 1. The van der Waals surface area contributed by atoms with E-state index in [2.05, 4.69) is 20.4 Å². The molecule has 0 radical (unpaired) electrons. The lowest BCUT2D eigenvalue weighted by molar-refractivity contribution is 0.596. The number of anilines is 2. The lowest BCUT2D eigenvalue weighted by Gasteiger charge is -2.09. The van der Waals surface area contributed by atoms with E-state index >= 15 is 0 Å². The summed E-state index contributed by atoms with van der Waals surface area (Å²) in [5.74, 6) is 0.566. The Bertz CT molecular complexity index is 1470. The zero-order chi connectivity index (χ0) is 21.4. The summed E-state index contributed by atoms with van der Waals surface area (Å²) < 4.78 is 29.2. The van der Waals surface area contributed by atoms with Gasteiger partial charge in [-0.15, -0.1) is 0 Å². The van der Waals surface area contributed by atoms with Gasteiger partial charge in [-0.25, -0.2) is 18.4 Å². The van der Waals surface area contributed by atoms with E-state index in [0.29, 0.717) is 17.2 Å². The smallest absolute Gasteiger partial charge is 0.206 e. The molecule has 0 saturated heterocycles. The molecule has 0 spiro atoms. The summed E-state index contributed by atoms with van der Waals surface area (Å²) in [6.45, 7) is 0. The number of rotatable bonds is 5. The maximum atomic E-state index is 12.8. The fraction of sp³-hybridized carbons (Fsp3) is 0.0455. The lowest BCUT2D eigenvalue weighted by Crippen LogP contribution is -2.02. The molecule has 9 heteroatoms. The first kappa shape index (κ1) is 19.0. The van der Waals surface area contributed by atoms with Gasteiger partial charge in [-0.3, -0.25) is 9.08 Å². The molecule has 0 fully saturated rings. The van der Waals surface area contributed by atoms with Gasteiger partial charge in [0, 0.05) is 36.9 Å². The topological polar surface area (TPSA) is 94.2 Å². The van der Waals surface area contributed by atoms with Crippen LogP contribution >= 0.6 is 0 Å². The molecule has 0 bridgehead atoms. The number of nitrogens with one attached hydrogen (secondary N) is 1. The lowest BCUT2D eigenvalue weighted by atomic mass is 10.3. The highest BCUT2D eigenvalue weighted by atomic mass is 32.2. The molecule has 154 valence electrons.